The van der Waals surface area contributed by atoms with Gasteiger partial charge in [-0.15, -0.1) is 0 Å². The second-order valence-electron chi connectivity index (χ2n) is 13.8. The van der Waals surface area contributed by atoms with Crippen LogP contribution < -0.4 is 88.7 Å². The second kappa shape index (κ2) is 55.7. The Morgan fingerprint density at radius 2 is 0.847 bits per heavy atom. The number of esters is 1. The molecule has 0 aliphatic rings. The Morgan fingerprint density at radius 1 is 0.542 bits per heavy atom. The average molecular weight is 889 g/mol. The second-order valence-corrected chi connectivity index (χ2v) is 14.9. The van der Waals surface area contributed by atoms with Crippen LogP contribution in [0.2, 0.25) is 0 Å². The van der Waals surface area contributed by atoms with Gasteiger partial charge in [0.1, 0.15) is 0 Å². The van der Waals surface area contributed by atoms with Crippen LogP contribution in [0.4, 0.5) is 0 Å². The van der Waals surface area contributed by atoms with Gasteiger partial charge in [-0.3, -0.25) is 9.35 Å². The van der Waals surface area contributed by atoms with Gasteiger partial charge in [-0.25, -0.2) is 18.6 Å². The molecule has 0 aromatic heterocycles. The Kier molecular flexibility index (Phi) is 66.5. The zero-order valence-corrected chi connectivity index (χ0v) is 44.6. The van der Waals surface area contributed by atoms with Gasteiger partial charge in [0.15, 0.2) is 0 Å². The van der Waals surface area contributed by atoms with Crippen LogP contribution in [0.1, 0.15) is 202 Å². The molecule has 332 valence electrons. The number of unbranched alkanes of at least 4 members (excludes halogenated alkanes) is 24. The molecule has 0 aliphatic carbocycles. The molecule has 59 heavy (non-hydrogen) atoms. The number of ether oxygens (including phenoxy) is 1. The summed E-state index contributed by atoms with van der Waals surface area (Å²) in [7, 11) is -4.23. The first-order valence-electron chi connectivity index (χ1n) is 20.9. The molecule has 1 rings (SSSR count). The maximum atomic E-state index is 11.1. The third-order valence-corrected chi connectivity index (χ3v) is 8.82. The summed E-state index contributed by atoms with van der Waals surface area (Å²) >= 11 is 0. The minimum Gasteiger partial charge on any atom is -1.00 e. The van der Waals surface area contributed by atoms with E-state index in [1.165, 1.54) is 135 Å². The van der Waals surface area contributed by atoms with E-state index in [9.17, 15) is 22.8 Å². The normalized spacial score (nSPS) is 10.1. The molecule has 4 N–H and O–H groups in total. The standard InChI is InChI=1S/C22H40O4.C12H26O4S.C7H6O2.C2H4O2.3Na.3H/c1-2-3-4-5-6-7-8-9-10-11-12-13-14-15-16-17-20-26-22(25)19-18-21(23)24;1-2-3-4-5-6-7-8-9-10-11-12-16-17(13,14)15;8-7(9)6-4-2-1-3-5-6;1-2(3)4;;;;;;/h18-19H,2-17,20H2,1H3,(H,23,24);2-12H2,1H3,(H,13,14,15);1-5H,(H,8,9);1H3,(H,3,4);;;;;;/q;;;;3*+1;3*-1/b19-18+;;;;;;;;;. The van der Waals surface area contributed by atoms with Gasteiger partial charge in [0.2, 0.25) is 0 Å². The molecule has 0 saturated carbocycles. The van der Waals surface area contributed by atoms with Crippen molar-refractivity contribution in [3.8, 4) is 0 Å². The number of rotatable bonds is 32. The summed E-state index contributed by atoms with van der Waals surface area (Å²) in [5.74, 6) is -3.42. The summed E-state index contributed by atoms with van der Waals surface area (Å²) in [4.78, 5) is 40.6. The summed E-state index contributed by atoms with van der Waals surface area (Å²) in [6.07, 6.45) is 34.6. The summed E-state index contributed by atoms with van der Waals surface area (Å²) in [6.45, 7) is 6.03. The minimum absolute atomic E-state index is 0. The van der Waals surface area contributed by atoms with E-state index < -0.39 is 34.3 Å². The fourth-order valence-electron chi connectivity index (χ4n) is 5.34. The van der Waals surface area contributed by atoms with Crippen molar-refractivity contribution in [1.29, 1.82) is 0 Å². The summed E-state index contributed by atoms with van der Waals surface area (Å²) in [5, 5.41) is 24.2. The molecule has 16 heteroatoms. The molecule has 0 amide bonds. The van der Waals surface area contributed by atoms with E-state index in [0.717, 1.165) is 44.8 Å². The van der Waals surface area contributed by atoms with E-state index in [1.807, 2.05) is 0 Å². The molecule has 0 unspecified atom stereocenters. The molecule has 0 bridgehead atoms. The number of aliphatic carboxylic acids is 2. The number of carboxylic acid groups (broad SMARTS) is 3. The Hall–Kier alpha value is -0.290. The van der Waals surface area contributed by atoms with Crippen molar-refractivity contribution in [2.45, 2.75) is 188 Å². The van der Waals surface area contributed by atoms with E-state index in [1.54, 1.807) is 30.3 Å². The summed E-state index contributed by atoms with van der Waals surface area (Å²) in [6, 6.07) is 8.30. The number of carbonyl (C=O) groups is 4. The predicted octanol–water partition coefficient (Wildman–Crippen LogP) is 2.98. The average Bonchev–Trinajstić information content (AvgIpc) is 3.14. The topological polar surface area (TPSA) is 202 Å². The van der Waals surface area contributed by atoms with Crippen LogP contribution in [-0.2, 0) is 33.7 Å². The molecule has 1 aromatic carbocycles. The molecule has 0 spiro atoms. The predicted molar refractivity (Wildman–Crippen MR) is 227 cm³/mol. The Labute approximate surface area is 428 Å². The van der Waals surface area contributed by atoms with Gasteiger partial charge in [-0.05, 0) is 25.0 Å². The van der Waals surface area contributed by atoms with Gasteiger partial charge in [-0.1, -0.05) is 186 Å². The first-order valence-corrected chi connectivity index (χ1v) is 22.3. The fraction of sp³-hybridized carbons (Fsp3) is 0.721. The molecule has 12 nitrogen and oxygen atoms in total. The van der Waals surface area contributed by atoms with Crippen molar-refractivity contribution in [3.05, 3.63) is 48.0 Å². The monoisotopic (exact) mass is 888 g/mol. The first kappa shape index (κ1) is 70.4. The van der Waals surface area contributed by atoms with Crippen LogP contribution >= 0.6 is 0 Å². The van der Waals surface area contributed by atoms with Gasteiger partial charge < -0.3 is 24.3 Å². The molecular weight excluding hydrogens is 809 g/mol. The van der Waals surface area contributed by atoms with E-state index >= 15 is 0 Å². The largest absolute Gasteiger partial charge is 1.00 e. The molecule has 0 atom stereocenters. The van der Waals surface area contributed by atoms with Crippen molar-refractivity contribution in [2.75, 3.05) is 13.2 Å². The molecule has 0 saturated heterocycles. The van der Waals surface area contributed by atoms with Gasteiger partial charge in [0.25, 0.3) is 5.97 Å². The van der Waals surface area contributed by atoms with Crippen LogP contribution in [0.3, 0.4) is 0 Å². The summed E-state index contributed by atoms with van der Waals surface area (Å²) in [5.41, 5.74) is 0.331. The smallest absolute Gasteiger partial charge is 1.00 e. The zero-order chi connectivity index (χ0) is 42.5. The third kappa shape index (κ3) is 72.5. The van der Waals surface area contributed by atoms with Gasteiger partial charge in [0, 0.05) is 19.1 Å². The molecule has 0 heterocycles. The van der Waals surface area contributed by atoms with Gasteiger partial charge in [-0.2, -0.15) is 8.42 Å². The zero-order valence-electron chi connectivity index (χ0n) is 40.8. The molecule has 0 radical (unpaired) electrons. The number of benzene rings is 1. The van der Waals surface area contributed by atoms with Crippen LogP contribution in [0, 0.1) is 0 Å². The molecule has 0 fully saturated rings. The Bertz CT molecular complexity index is 1220. The van der Waals surface area contributed by atoms with Crippen LogP contribution in [0.15, 0.2) is 42.5 Å². The number of carbonyl (C=O) groups excluding carboxylic acids is 1. The fourth-order valence-corrected chi connectivity index (χ4v) is 5.67. The van der Waals surface area contributed by atoms with Crippen molar-refractivity contribution in [2.24, 2.45) is 0 Å². The van der Waals surface area contributed by atoms with Crippen molar-refractivity contribution < 1.29 is 149 Å². The quantitative estimate of drug-likeness (QED) is 0.0272. The minimum atomic E-state index is -4.23. The van der Waals surface area contributed by atoms with E-state index in [0.29, 0.717) is 18.6 Å². The first-order chi connectivity index (χ1) is 26.8. The maximum absolute atomic E-state index is 11.1. The number of carboxylic acids is 3. The summed E-state index contributed by atoms with van der Waals surface area (Å²) < 4.78 is 37.9. The number of aromatic carboxylic acids is 1. The maximum Gasteiger partial charge on any atom is 1.00 e. The molecular formula is C43H79Na3O12S. The van der Waals surface area contributed by atoms with Crippen molar-refractivity contribution >= 4 is 34.3 Å². The van der Waals surface area contributed by atoms with E-state index in [2.05, 4.69) is 18.0 Å². The Morgan fingerprint density at radius 3 is 1.12 bits per heavy atom. The van der Waals surface area contributed by atoms with Crippen molar-refractivity contribution in [3.63, 3.8) is 0 Å². The van der Waals surface area contributed by atoms with Crippen LogP contribution in [0.25, 0.3) is 0 Å². The third-order valence-electron chi connectivity index (χ3n) is 8.36. The van der Waals surface area contributed by atoms with Crippen molar-refractivity contribution in [1.82, 2.24) is 0 Å². The Balaban J connectivity index is -0.0000000963. The van der Waals surface area contributed by atoms with Gasteiger partial charge >= 0.3 is 117 Å². The van der Waals surface area contributed by atoms with Crippen LogP contribution in [0.5, 0.6) is 0 Å². The van der Waals surface area contributed by atoms with Crippen LogP contribution in [-0.4, -0.2) is 65.4 Å². The molecule has 1 aromatic rings. The number of hydrogen-bond donors (Lipinski definition) is 4. The SMILES string of the molecule is CC(=O)O.CCCCCCCCCCCCCCCCCCOC(=O)/C=C/C(=O)O.CCCCCCCCCCCCOS(=O)(=O)O.O=C(O)c1ccccc1.[H-].[H-].[H-].[Na+].[Na+].[Na+]. The number of hydrogen-bond acceptors (Lipinski definition) is 8. The van der Waals surface area contributed by atoms with Gasteiger partial charge in [0.05, 0.1) is 18.8 Å². The van der Waals surface area contributed by atoms with E-state index in [-0.39, 0.29) is 99.6 Å². The molecule has 0 aliphatic heterocycles. The van der Waals surface area contributed by atoms with E-state index in [4.69, 9.17) is 29.4 Å².